The number of halogens is 1. The lowest BCUT2D eigenvalue weighted by Gasteiger charge is -2.33. The molecule has 9 heterocycles. The van der Waals surface area contributed by atoms with Crippen LogP contribution in [0.3, 0.4) is 0 Å². The lowest BCUT2D eigenvalue weighted by molar-refractivity contribution is 0.168. The topological polar surface area (TPSA) is 277 Å². The molecule has 0 amide bonds. The van der Waals surface area contributed by atoms with E-state index in [0.29, 0.717) is 78.3 Å². The molecule has 0 unspecified atom stereocenters. The van der Waals surface area contributed by atoms with Crippen molar-refractivity contribution in [2.75, 3.05) is 164 Å². The molecule has 3 aromatic heterocycles. The molecule has 12 rings (SSSR count). The molecule has 0 spiro atoms. The predicted molar refractivity (Wildman–Crippen MR) is 460 cm³/mol. The molecule has 30 heteroatoms. The fourth-order valence-electron chi connectivity index (χ4n) is 13.7. The van der Waals surface area contributed by atoms with Gasteiger partial charge in [-0.25, -0.2) is 55.2 Å². The summed E-state index contributed by atoms with van der Waals surface area (Å²) in [6.45, 7) is 23.0. The average molecular weight is 1700 g/mol. The minimum atomic E-state index is -3.14. The number of terminal acetylenes is 1. The van der Waals surface area contributed by atoms with Crippen molar-refractivity contribution in [3.63, 3.8) is 0 Å². The van der Waals surface area contributed by atoms with Gasteiger partial charge in [0.2, 0.25) is 47.9 Å². The second-order valence-corrected chi connectivity index (χ2v) is 35.7. The fourth-order valence-corrected chi connectivity index (χ4v) is 16.7. The summed E-state index contributed by atoms with van der Waals surface area (Å²) in [5.41, 5.74) is 8.70. The van der Waals surface area contributed by atoms with E-state index in [-0.39, 0.29) is 39.0 Å². The molecular formula is C85H116BrN15O11S3. The standard InChI is InChI=1S/C27H39N5O4S.C27H37N5O4S.C23H32BrN5O3S.C7H4.CH4/c2*1-3-22-19-28-27(29-20-22)31-11-9-25(10-12-31)36-26-8-7-23(18-24(26)6-4-5-17-33)21-30-13-15-32(16-14-30)37(2,34)35;1-3-18-15-25-23(26-16-18)28-8-6-20(7-9-28)32-22-5-4-19(14-21(22)24)17-27-10-12-29(13-11-27)33(2,30)31;1-3-5-7-6-4-2;/h4,6-8,18-20,25,33H,3,5,9-17,21H2,1-2H3;7-8,18-20,25,33H,3,5,9-17,21H2,1-2H3;4-5,14-16,20H,3,6-13,17H2,1-2H3;1H,2H3;1H4/b6-4+;;;;. The van der Waals surface area contributed by atoms with Crippen LogP contribution in [0.1, 0.15) is 131 Å². The number of rotatable bonds is 25. The zero-order chi connectivity index (χ0) is 81.5. The minimum Gasteiger partial charge on any atom is -0.490 e. The Morgan fingerprint density at radius 2 is 0.826 bits per heavy atom. The fraction of sp³-hybridized carbons (Fsp3) is 0.529. The lowest BCUT2D eigenvalue weighted by atomic mass is 10.1. The van der Waals surface area contributed by atoms with Gasteiger partial charge in [0.25, 0.3) is 0 Å². The molecule has 6 aliphatic rings. The minimum absolute atomic E-state index is 0. The number of piperazine rings is 3. The Labute approximate surface area is 692 Å². The SMILES string of the molecule is C.C#CC#CC#CC.CCc1cnc(N2CCC(Oc3ccc(CN4CCN(S(C)(=O)=O)CC4)cc3/C=C/CCO)CC2)nc1.CCc1cnc(N2CCC(Oc3ccc(CN4CCN(S(C)(=O)=O)CC4)cc3Br)CC2)nc1.CCc1cnc(N2CCC(Oc3ccc(CN4CCN(S(C)(=O)=O)CC4)cc3C#CCCO)CC2)nc1. The monoisotopic (exact) mass is 1700 g/mol. The Balaban J connectivity index is 0.000000206. The van der Waals surface area contributed by atoms with Crippen molar-refractivity contribution < 1.29 is 49.7 Å². The number of aliphatic hydroxyl groups is 2. The van der Waals surface area contributed by atoms with E-state index in [2.05, 4.69) is 174 Å². The quantitative estimate of drug-likeness (QED) is 0.0507. The number of aryl methyl sites for hydroxylation is 3. The van der Waals surface area contributed by atoms with Gasteiger partial charge in [0, 0.05) is 232 Å². The molecule has 6 saturated heterocycles. The maximum atomic E-state index is 11.8. The highest BCUT2D eigenvalue weighted by Gasteiger charge is 2.30. The first kappa shape index (κ1) is 92.2. The molecular weight excluding hydrogens is 1580 g/mol. The van der Waals surface area contributed by atoms with Gasteiger partial charge >= 0.3 is 0 Å². The summed E-state index contributed by atoms with van der Waals surface area (Å²) < 4.78 is 95.3. The van der Waals surface area contributed by atoms with Crippen LogP contribution >= 0.6 is 15.9 Å². The second kappa shape index (κ2) is 46.6. The van der Waals surface area contributed by atoms with Crippen LogP contribution in [0.5, 0.6) is 17.2 Å². The maximum Gasteiger partial charge on any atom is 0.225 e. The van der Waals surface area contributed by atoms with Crippen molar-refractivity contribution in [3.8, 4) is 65.1 Å². The van der Waals surface area contributed by atoms with Gasteiger partial charge in [-0.15, -0.1) is 6.42 Å². The Morgan fingerprint density at radius 3 is 1.17 bits per heavy atom. The van der Waals surface area contributed by atoms with Crippen molar-refractivity contribution >= 4 is 69.9 Å². The van der Waals surface area contributed by atoms with E-state index in [1.807, 2.05) is 67.5 Å². The van der Waals surface area contributed by atoms with Gasteiger partial charge in [0.15, 0.2) is 0 Å². The molecule has 0 saturated carbocycles. The first-order chi connectivity index (χ1) is 54.9. The first-order valence-electron chi connectivity index (χ1n) is 39.4. The number of nitrogens with zero attached hydrogens (tertiary/aromatic N) is 15. The van der Waals surface area contributed by atoms with Crippen LogP contribution in [-0.4, -0.2) is 261 Å². The Kier molecular flexibility index (Phi) is 37.3. The zero-order valence-electron chi connectivity index (χ0n) is 67.0. The summed E-state index contributed by atoms with van der Waals surface area (Å²) in [7, 11) is -9.37. The number of hydrogen-bond donors (Lipinski definition) is 2. The zero-order valence-corrected chi connectivity index (χ0v) is 71.1. The number of hydrogen-bond acceptors (Lipinski definition) is 23. The smallest absolute Gasteiger partial charge is 0.225 e. The second-order valence-electron chi connectivity index (χ2n) is 28.9. The van der Waals surface area contributed by atoms with E-state index >= 15 is 0 Å². The summed E-state index contributed by atoms with van der Waals surface area (Å²) in [4.78, 5) is 40.5. The van der Waals surface area contributed by atoms with E-state index in [1.165, 1.54) is 28.6 Å². The van der Waals surface area contributed by atoms with Crippen molar-refractivity contribution in [1.82, 2.24) is 57.5 Å². The number of aromatic nitrogens is 6. The molecule has 0 atom stereocenters. The third kappa shape index (κ3) is 30.0. The molecule has 0 bridgehead atoms. The summed E-state index contributed by atoms with van der Waals surface area (Å²) in [5, 5.41) is 18.4. The average Bonchev–Trinajstić information content (AvgIpc) is 0.830. The normalized spacial score (nSPS) is 17.4. The number of piperidine rings is 3. The van der Waals surface area contributed by atoms with Crippen molar-refractivity contribution in [2.24, 2.45) is 0 Å². The van der Waals surface area contributed by atoms with Gasteiger partial charge in [-0.2, -0.15) is 12.9 Å². The van der Waals surface area contributed by atoms with E-state index in [0.717, 1.165) is 208 Å². The van der Waals surface area contributed by atoms with Crippen molar-refractivity contribution in [3.05, 3.63) is 147 Å². The van der Waals surface area contributed by atoms with Crippen LogP contribution < -0.4 is 28.9 Å². The molecule has 622 valence electrons. The predicted octanol–water partition coefficient (Wildman–Crippen LogP) is 8.67. The molecule has 0 radical (unpaired) electrons. The Morgan fingerprint density at radius 1 is 0.470 bits per heavy atom. The highest BCUT2D eigenvalue weighted by atomic mass is 79.9. The number of anilines is 3. The number of ether oxygens (including phenoxy) is 3. The first-order valence-corrected chi connectivity index (χ1v) is 45.8. The van der Waals surface area contributed by atoms with Crippen LogP contribution in [0.4, 0.5) is 17.8 Å². The Bertz CT molecular complexity index is 4660. The van der Waals surface area contributed by atoms with E-state index in [1.54, 1.807) is 15.5 Å². The van der Waals surface area contributed by atoms with E-state index < -0.39 is 30.1 Å². The molecule has 6 aromatic rings. The molecule has 26 nitrogen and oxygen atoms in total. The van der Waals surface area contributed by atoms with Crippen LogP contribution in [0.2, 0.25) is 0 Å². The molecule has 0 aliphatic carbocycles. The van der Waals surface area contributed by atoms with Crippen LogP contribution in [-0.2, 0) is 69.0 Å². The van der Waals surface area contributed by atoms with E-state index in [9.17, 15) is 35.5 Å². The van der Waals surface area contributed by atoms with Gasteiger partial charge < -0.3 is 39.1 Å². The maximum absolute atomic E-state index is 11.8. The van der Waals surface area contributed by atoms with Gasteiger partial charge in [0.05, 0.1) is 35.4 Å². The highest BCUT2D eigenvalue weighted by molar-refractivity contribution is 9.10. The number of aliphatic hydroxyl groups excluding tert-OH is 2. The lowest BCUT2D eigenvalue weighted by Crippen LogP contribution is -2.47. The number of sulfonamides is 3. The summed E-state index contributed by atoms with van der Waals surface area (Å²) in [6.07, 6.45) is 33.6. The van der Waals surface area contributed by atoms with Crippen LogP contribution in [0.15, 0.2) is 102 Å². The molecule has 6 aliphatic heterocycles. The molecule has 115 heavy (non-hydrogen) atoms. The number of benzene rings is 3. The van der Waals surface area contributed by atoms with E-state index in [4.69, 9.17) is 20.6 Å². The third-order valence-corrected chi connectivity index (χ3v) is 25.0. The van der Waals surface area contributed by atoms with Gasteiger partial charge in [-0.1, -0.05) is 76.3 Å². The van der Waals surface area contributed by atoms with Crippen molar-refractivity contribution in [1.29, 1.82) is 0 Å². The molecule has 2 N–H and O–H groups in total. The summed E-state index contributed by atoms with van der Waals surface area (Å²) in [5.74, 6) is 23.0. The van der Waals surface area contributed by atoms with Crippen LogP contribution in [0, 0.1) is 47.9 Å². The highest BCUT2D eigenvalue weighted by Crippen LogP contribution is 2.33. The van der Waals surface area contributed by atoms with Gasteiger partial charge in [-0.05, 0) is 142 Å². The summed E-state index contributed by atoms with van der Waals surface area (Å²) >= 11 is 3.68. The molecule has 3 aromatic carbocycles. The Hall–Kier alpha value is -8.31. The largest absolute Gasteiger partial charge is 0.490 e. The third-order valence-electron chi connectivity index (χ3n) is 20.5. The molecule has 6 fully saturated rings. The van der Waals surface area contributed by atoms with Crippen molar-refractivity contribution in [2.45, 2.75) is 144 Å². The van der Waals surface area contributed by atoms with Gasteiger partial charge in [0.1, 0.15) is 35.6 Å². The van der Waals surface area contributed by atoms with Crippen LogP contribution in [0.25, 0.3) is 6.08 Å². The van der Waals surface area contributed by atoms with Gasteiger partial charge in [-0.3, -0.25) is 14.7 Å². The summed E-state index contributed by atoms with van der Waals surface area (Å²) in [6, 6.07) is 18.6.